The van der Waals surface area contributed by atoms with E-state index in [0.29, 0.717) is 12.6 Å². The van der Waals surface area contributed by atoms with Crippen LogP contribution in [0.25, 0.3) is 0 Å². The maximum Gasteiger partial charge on any atom is 0.317 e. The highest BCUT2D eigenvalue weighted by molar-refractivity contribution is 5.75. The van der Waals surface area contributed by atoms with Crippen molar-refractivity contribution in [1.29, 1.82) is 0 Å². The molecule has 2 aliphatic rings. The number of nitrogens with one attached hydrogen (secondary N) is 1. The third kappa shape index (κ3) is 4.63. The standard InChI is InChI=1S/C19H31N5O/c1-22(2)18-16(8-6-10-20-18)14-21-19(25)24-13-7-9-17(24)15-23-11-4-3-5-12-23/h6,8,10,17H,3-5,7,9,11-15H2,1-2H3,(H,21,25)/t17-/m1/s1. The fourth-order valence-corrected chi connectivity index (χ4v) is 3.98. The molecule has 3 rings (SSSR count). The molecular weight excluding hydrogens is 314 g/mol. The Morgan fingerprint density at radius 2 is 2.04 bits per heavy atom. The first-order chi connectivity index (χ1) is 12.1. The van der Waals surface area contributed by atoms with Gasteiger partial charge in [-0.1, -0.05) is 12.5 Å². The molecule has 1 atom stereocenters. The average Bonchev–Trinajstić information content (AvgIpc) is 3.09. The normalized spacial score (nSPS) is 21.4. The largest absolute Gasteiger partial charge is 0.362 e. The maximum atomic E-state index is 12.7. The molecule has 3 heterocycles. The number of piperidine rings is 1. The predicted molar refractivity (Wildman–Crippen MR) is 101 cm³/mol. The summed E-state index contributed by atoms with van der Waals surface area (Å²) in [7, 11) is 3.95. The number of carbonyl (C=O) groups excluding carboxylic acids is 1. The molecule has 2 amide bonds. The number of nitrogens with zero attached hydrogens (tertiary/aromatic N) is 4. The molecule has 1 N–H and O–H groups in total. The Bertz CT molecular complexity index is 571. The van der Waals surface area contributed by atoms with E-state index >= 15 is 0 Å². The minimum atomic E-state index is 0.0630. The van der Waals surface area contributed by atoms with Gasteiger partial charge in [0.15, 0.2) is 0 Å². The van der Waals surface area contributed by atoms with Crippen LogP contribution in [0.2, 0.25) is 0 Å². The second-order valence-corrected chi connectivity index (χ2v) is 7.39. The Morgan fingerprint density at radius 3 is 2.80 bits per heavy atom. The highest BCUT2D eigenvalue weighted by Gasteiger charge is 2.30. The van der Waals surface area contributed by atoms with E-state index < -0.39 is 0 Å². The Kier molecular flexibility index (Phi) is 6.13. The molecule has 0 aromatic carbocycles. The van der Waals surface area contributed by atoms with Gasteiger partial charge in [0.25, 0.3) is 0 Å². The quantitative estimate of drug-likeness (QED) is 0.890. The van der Waals surface area contributed by atoms with Gasteiger partial charge >= 0.3 is 6.03 Å². The number of amides is 2. The Labute approximate surface area is 151 Å². The van der Waals surface area contributed by atoms with Crippen LogP contribution in [0.1, 0.15) is 37.7 Å². The number of aromatic nitrogens is 1. The fraction of sp³-hybridized carbons (Fsp3) is 0.684. The van der Waals surface area contributed by atoms with E-state index in [4.69, 9.17) is 0 Å². The molecule has 25 heavy (non-hydrogen) atoms. The van der Waals surface area contributed by atoms with Gasteiger partial charge in [0.2, 0.25) is 0 Å². The number of hydrogen-bond acceptors (Lipinski definition) is 4. The van der Waals surface area contributed by atoms with Crippen molar-refractivity contribution in [3.8, 4) is 0 Å². The molecule has 0 unspecified atom stereocenters. The number of anilines is 1. The van der Waals surface area contributed by atoms with Gasteiger partial charge in [-0.3, -0.25) is 0 Å². The van der Waals surface area contributed by atoms with Crippen molar-refractivity contribution in [2.24, 2.45) is 0 Å². The number of urea groups is 1. The highest BCUT2D eigenvalue weighted by Crippen LogP contribution is 2.21. The molecule has 6 heteroatoms. The molecule has 0 aliphatic carbocycles. The first kappa shape index (κ1) is 18.0. The van der Waals surface area contributed by atoms with E-state index in [1.807, 2.05) is 36.0 Å². The molecule has 1 aromatic rings. The van der Waals surface area contributed by atoms with Gasteiger partial charge in [-0.05, 0) is 44.8 Å². The topological polar surface area (TPSA) is 51.7 Å². The number of rotatable bonds is 5. The third-order valence-electron chi connectivity index (χ3n) is 5.28. The van der Waals surface area contributed by atoms with Crippen molar-refractivity contribution in [2.75, 3.05) is 45.2 Å². The van der Waals surface area contributed by atoms with Crippen molar-refractivity contribution in [1.82, 2.24) is 20.1 Å². The lowest BCUT2D eigenvalue weighted by atomic mass is 10.1. The average molecular weight is 345 g/mol. The fourth-order valence-electron chi connectivity index (χ4n) is 3.98. The Balaban J connectivity index is 1.55. The van der Waals surface area contributed by atoms with Gasteiger partial charge in [0, 0.05) is 51.5 Å². The van der Waals surface area contributed by atoms with E-state index in [0.717, 1.165) is 37.3 Å². The minimum absolute atomic E-state index is 0.0630. The summed E-state index contributed by atoms with van der Waals surface area (Å²) in [6, 6.07) is 4.37. The Morgan fingerprint density at radius 1 is 1.24 bits per heavy atom. The SMILES string of the molecule is CN(C)c1ncccc1CNC(=O)N1CCC[C@@H]1CN1CCCCC1. The zero-order valence-corrected chi connectivity index (χ0v) is 15.6. The molecule has 0 radical (unpaired) electrons. The lowest BCUT2D eigenvalue weighted by Gasteiger charge is -2.33. The molecule has 2 aliphatic heterocycles. The van der Waals surface area contributed by atoms with Crippen LogP contribution in [0.15, 0.2) is 18.3 Å². The zero-order valence-electron chi connectivity index (χ0n) is 15.6. The van der Waals surface area contributed by atoms with E-state index in [9.17, 15) is 4.79 Å². The van der Waals surface area contributed by atoms with Crippen LogP contribution in [0.4, 0.5) is 10.6 Å². The monoisotopic (exact) mass is 345 g/mol. The third-order valence-corrected chi connectivity index (χ3v) is 5.28. The highest BCUT2D eigenvalue weighted by atomic mass is 16.2. The van der Waals surface area contributed by atoms with Crippen LogP contribution in [-0.2, 0) is 6.54 Å². The summed E-state index contributed by atoms with van der Waals surface area (Å²) in [5.74, 6) is 0.911. The summed E-state index contributed by atoms with van der Waals surface area (Å²) in [4.78, 5) is 23.7. The van der Waals surface area contributed by atoms with Crippen LogP contribution in [0, 0.1) is 0 Å². The van der Waals surface area contributed by atoms with Crippen LogP contribution >= 0.6 is 0 Å². The van der Waals surface area contributed by atoms with E-state index in [1.165, 1.54) is 32.4 Å². The van der Waals surface area contributed by atoms with Crippen molar-refractivity contribution in [2.45, 2.75) is 44.7 Å². The summed E-state index contributed by atoms with van der Waals surface area (Å²) < 4.78 is 0. The zero-order chi connectivity index (χ0) is 17.6. The summed E-state index contributed by atoms with van der Waals surface area (Å²) >= 11 is 0. The smallest absolute Gasteiger partial charge is 0.317 e. The lowest BCUT2D eigenvalue weighted by molar-refractivity contribution is 0.153. The number of carbonyl (C=O) groups is 1. The summed E-state index contributed by atoms with van der Waals surface area (Å²) in [6.07, 6.45) is 7.97. The van der Waals surface area contributed by atoms with Crippen LogP contribution in [0.5, 0.6) is 0 Å². The molecule has 0 spiro atoms. The van der Waals surface area contributed by atoms with Crippen molar-refractivity contribution >= 4 is 11.8 Å². The molecule has 6 nitrogen and oxygen atoms in total. The second kappa shape index (κ2) is 8.52. The van der Waals surface area contributed by atoms with Gasteiger partial charge in [-0.25, -0.2) is 9.78 Å². The van der Waals surface area contributed by atoms with Crippen molar-refractivity contribution in [3.63, 3.8) is 0 Å². The molecule has 0 bridgehead atoms. The van der Waals surface area contributed by atoms with Crippen LogP contribution < -0.4 is 10.2 Å². The Hall–Kier alpha value is -1.82. The molecule has 138 valence electrons. The lowest BCUT2D eigenvalue weighted by Crippen LogP contribution is -2.48. The molecule has 2 saturated heterocycles. The summed E-state index contributed by atoms with van der Waals surface area (Å²) in [6.45, 7) is 4.80. The molecule has 1 aromatic heterocycles. The molecular formula is C19H31N5O. The van der Waals surface area contributed by atoms with E-state index in [1.54, 1.807) is 6.20 Å². The van der Waals surface area contributed by atoms with Gasteiger partial charge in [-0.15, -0.1) is 0 Å². The number of hydrogen-bond donors (Lipinski definition) is 1. The first-order valence-electron chi connectivity index (χ1n) is 9.53. The summed E-state index contributed by atoms with van der Waals surface area (Å²) in [5.41, 5.74) is 1.05. The van der Waals surface area contributed by atoms with E-state index in [-0.39, 0.29) is 6.03 Å². The van der Waals surface area contributed by atoms with Gasteiger partial charge in [0.05, 0.1) is 0 Å². The summed E-state index contributed by atoms with van der Waals surface area (Å²) in [5, 5.41) is 3.11. The van der Waals surface area contributed by atoms with Crippen LogP contribution in [-0.4, -0.2) is 67.1 Å². The van der Waals surface area contributed by atoms with Gasteiger partial charge in [0.1, 0.15) is 5.82 Å². The van der Waals surface area contributed by atoms with Crippen molar-refractivity contribution in [3.05, 3.63) is 23.9 Å². The molecule has 2 fully saturated rings. The van der Waals surface area contributed by atoms with Crippen LogP contribution in [0.3, 0.4) is 0 Å². The van der Waals surface area contributed by atoms with Crippen molar-refractivity contribution < 1.29 is 4.79 Å². The first-order valence-corrected chi connectivity index (χ1v) is 9.53. The molecule has 0 saturated carbocycles. The number of pyridine rings is 1. The minimum Gasteiger partial charge on any atom is -0.362 e. The maximum absolute atomic E-state index is 12.7. The number of likely N-dealkylation sites (tertiary alicyclic amines) is 2. The van der Waals surface area contributed by atoms with Gasteiger partial charge < -0.3 is 20.0 Å². The second-order valence-electron chi connectivity index (χ2n) is 7.39. The van der Waals surface area contributed by atoms with E-state index in [2.05, 4.69) is 15.2 Å². The van der Waals surface area contributed by atoms with Gasteiger partial charge in [-0.2, -0.15) is 0 Å². The predicted octanol–water partition coefficient (Wildman–Crippen LogP) is 2.31.